The van der Waals surface area contributed by atoms with Crippen LogP contribution in [-0.2, 0) is 9.31 Å². The topological polar surface area (TPSA) is 67.2 Å². The summed E-state index contributed by atoms with van der Waals surface area (Å²) in [7, 11) is -0.380. The summed E-state index contributed by atoms with van der Waals surface area (Å²) in [6.45, 7) is 8.53. The third-order valence-electron chi connectivity index (χ3n) is 4.04. The Morgan fingerprint density at radius 3 is 2.55 bits per heavy atom. The molecule has 1 aromatic carbocycles. The predicted octanol–water partition coefficient (Wildman–Crippen LogP) is 3.04. The van der Waals surface area contributed by atoms with Gasteiger partial charge in [-0.1, -0.05) is 29.1 Å². The molecule has 1 aromatic rings. The largest absolute Gasteiger partial charge is 0.494 e. The van der Waals surface area contributed by atoms with E-state index in [1.807, 2.05) is 52.0 Å². The van der Waals surface area contributed by atoms with Crippen molar-refractivity contribution in [2.45, 2.75) is 45.3 Å². The lowest BCUT2D eigenvalue weighted by Gasteiger charge is -2.32. The molecule has 0 spiro atoms. The van der Waals surface area contributed by atoms with Gasteiger partial charge in [-0.05, 0) is 50.8 Å². The van der Waals surface area contributed by atoms with Gasteiger partial charge < -0.3 is 9.31 Å². The fraction of sp³-hybridized carbons (Fsp3) is 0.500. The van der Waals surface area contributed by atoms with E-state index in [0.29, 0.717) is 13.0 Å². The first-order valence-corrected chi connectivity index (χ1v) is 7.31. The molecule has 22 heavy (non-hydrogen) atoms. The van der Waals surface area contributed by atoms with Crippen molar-refractivity contribution >= 4 is 12.6 Å². The summed E-state index contributed by atoms with van der Waals surface area (Å²) in [5, 5.41) is 3.45. The Balaban J connectivity index is 2.11. The standard InChI is InChI=1S/C16H20BN3O2/c1-15(2)16(3,4)22-17(21-15)14-10-7-9-13(12-14)8-5-6-11-19-20-18/h7,9-10,12H,6,11H2,1-4H3. The number of rotatable bonds is 3. The van der Waals surface area contributed by atoms with E-state index < -0.39 is 0 Å². The van der Waals surface area contributed by atoms with Gasteiger partial charge in [0.2, 0.25) is 0 Å². The fourth-order valence-corrected chi connectivity index (χ4v) is 2.06. The van der Waals surface area contributed by atoms with E-state index in [1.54, 1.807) is 0 Å². The maximum atomic E-state index is 8.21. The summed E-state index contributed by atoms with van der Waals surface area (Å²) in [5.74, 6) is 6.05. The molecule has 0 aromatic heterocycles. The molecule has 6 heteroatoms. The van der Waals surface area contributed by atoms with Crippen molar-refractivity contribution in [3.8, 4) is 11.8 Å². The molecule has 0 N–H and O–H groups in total. The summed E-state index contributed by atoms with van der Waals surface area (Å²) in [6.07, 6.45) is 0.546. The van der Waals surface area contributed by atoms with Crippen LogP contribution in [0.1, 0.15) is 39.7 Å². The molecule has 114 valence electrons. The zero-order valence-corrected chi connectivity index (χ0v) is 13.5. The number of nitrogens with zero attached hydrogens (tertiary/aromatic N) is 3. The summed E-state index contributed by atoms with van der Waals surface area (Å²) >= 11 is 0. The first-order chi connectivity index (χ1) is 10.4. The minimum absolute atomic E-state index is 0.353. The van der Waals surface area contributed by atoms with Gasteiger partial charge in [-0.3, -0.25) is 0 Å². The van der Waals surface area contributed by atoms with E-state index in [0.717, 1.165) is 11.0 Å². The molecule has 1 saturated heterocycles. The smallest absolute Gasteiger partial charge is 0.399 e. The van der Waals surface area contributed by atoms with Crippen molar-refractivity contribution in [2.24, 2.45) is 5.11 Å². The van der Waals surface area contributed by atoms with E-state index in [1.165, 1.54) is 0 Å². The zero-order valence-electron chi connectivity index (χ0n) is 13.5. The highest BCUT2D eigenvalue weighted by molar-refractivity contribution is 6.62. The van der Waals surface area contributed by atoms with Crippen LogP contribution >= 0.6 is 0 Å². The van der Waals surface area contributed by atoms with Crippen molar-refractivity contribution in [3.05, 3.63) is 40.3 Å². The van der Waals surface area contributed by atoms with E-state index >= 15 is 0 Å². The third-order valence-corrected chi connectivity index (χ3v) is 4.04. The van der Waals surface area contributed by atoms with Crippen molar-refractivity contribution in [1.82, 2.24) is 0 Å². The van der Waals surface area contributed by atoms with Gasteiger partial charge in [-0.15, -0.1) is 0 Å². The number of hydrogen-bond donors (Lipinski definition) is 0. The average Bonchev–Trinajstić information content (AvgIpc) is 2.68. The average molecular weight is 297 g/mol. The second-order valence-electron chi connectivity index (χ2n) is 6.22. The highest BCUT2D eigenvalue weighted by atomic mass is 16.7. The fourth-order valence-electron chi connectivity index (χ4n) is 2.06. The molecule has 1 aliphatic heterocycles. The molecule has 0 saturated carbocycles. The van der Waals surface area contributed by atoms with Gasteiger partial charge in [0.25, 0.3) is 0 Å². The van der Waals surface area contributed by atoms with Crippen LogP contribution in [0.25, 0.3) is 10.4 Å². The molecule has 0 aliphatic carbocycles. The van der Waals surface area contributed by atoms with E-state index in [4.69, 9.17) is 14.8 Å². The molecule has 0 amide bonds. The second-order valence-corrected chi connectivity index (χ2v) is 6.22. The van der Waals surface area contributed by atoms with E-state index in [2.05, 4.69) is 21.9 Å². The Hall–Kier alpha value is -1.93. The molecule has 0 radical (unpaired) electrons. The molecule has 2 rings (SSSR count). The molecule has 1 heterocycles. The lowest BCUT2D eigenvalue weighted by Crippen LogP contribution is -2.41. The van der Waals surface area contributed by atoms with Crippen LogP contribution in [0.5, 0.6) is 0 Å². The van der Waals surface area contributed by atoms with Gasteiger partial charge in [0.15, 0.2) is 0 Å². The SMILES string of the molecule is CC1(C)OB(c2cccc(C#CCCN=[N+]=[N-])c2)OC1(C)C. The monoisotopic (exact) mass is 297 g/mol. The van der Waals surface area contributed by atoms with Gasteiger partial charge >= 0.3 is 7.12 Å². The van der Waals surface area contributed by atoms with Gasteiger partial charge in [-0.25, -0.2) is 0 Å². The molecular formula is C16H20BN3O2. The summed E-state index contributed by atoms with van der Waals surface area (Å²) < 4.78 is 12.1. The normalized spacial score (nSPS) is 18.3. The first kappa shape index (κ1) is 16.4. The Morgan fingerprint density at radius 2 is 1.91 bits per heavy atom. The number of hydrogen-bond acceptors (Lipinski definition) is 3. The summed E-state index contributed by atoms with van der Waals surface area (Å²) in [4.78, 5) is 2.70. The Kier molecular flexibility index (Phi) is 4.82. The van der Waals surface area contributed by atoms with Crippen LogP contribution in [0.3, 0.4) is 0 Å². The lowest BCUT2D eigenvalue weighted by atomic mass is 9.78. The van der Waals surface area contributed by atoms with Gasteiger partial charge in [0.05, 0.1) is 11.2 Å². The number of azide groups is 1. The maximum absolute atomic E-state index is 8.21. The van der Waals surface area contributed by atoms with Crippen LogP contribution in [0, 0.1) is 11.8 Å². The van der Waals surface area contributed by atoms with Crippen molar-refractivity contribution < 1.29 is 9.31 Å². The van der Waals surface area contributed by atoms with Crippen LogP contribution in [0.2, 0.25) is 0 Å². The summed E-state index contributed by atoms with van der Waals surface area (Å²) in [6, 6.07) is 7.84. The zero-order chi connectivity index (χ0) is 16.2. The Morgan fingerprint density at radius 1 is 1.23 bits per heavy atom. The van der Waals surface area contributed by atoms with Crippen LogP contribution < -0.4 is 5.46 Å². The minimum atomic E-state index is -0.380. The molecule has 1 fully saturated rings. The van der Waals surface area contributed by atoms with Crippen LogP contribution in [-0.4, -0.2) is 24.9 Å². The quantitative estimate of drug-likeness (QED) is 0.215. The van der Waals surface area contributed by atoms with Crippen molar-refractivity contribution in [3.63, 3.8) is 0 Å². The third kappa shape index (κ3) is 3.64. The van der Waals surface area contributed by atoms with Gasteiger partial charge in [0.1, 0.15) is 0 Å². The Labute approximate surface area is 131 Å². The van der Waals surface area contributed by atoms with Crippen molar-refractivity contribution in [1.29, 1.82) is 0 Å². The minimum Gasteiger partial charge on any atom is -0.399 e. The molecule has 0 atom stereocenters. The van der Waals surface area contributed by atoms with Crippen LogP contribution in [0.15, 0.2) is 29.4 Å². The maximum Gasteiger partial charge on any atom is 0.494 e. The van der Waals surface area contributed by atoms with Gasteiger partial charge in [-0.2, -0.15) is 0 Å². The molecule has 0 bridgehead atoms. The van der Waals surface area contributed by atoms with Crippen LogP contribution in [0.4, 0.5) is 0 Å². The lowest BCUT2D eigenvalue weighted by molar-refractivity contribution is 0.00578. The highest BCUT2D eigenvalue weighted by Gasteiger charge is 2.51. The summed E-state index contributed by atoms with van der Waals surface area (Å²) in [5.41, 5.74) is 9.36. The van der Waals surface area contributed by atoms with E-state index in [-0.39, 0.29) is 18.3 Å². The highest BCUT2D eigenvalue weighted by Crippen LogP contribution is 2.36. The second kappa shape index (κ2) is 6.45. The molecule has 1 aliphatic rings. The Bertz CT molecular complexity index is 639. The first-order valence-electron chi connectivity index (χ1n) is 7.31. The molecular weight excluding hydrogens is 277 g/mol. The predicted molar refractivity (Wildman–Crippen MR) is 87.7 cm³/mol. The molecule has 0 unspecified atom stereocenters. The molecule has 5 nitrogen and oxygen atoms in total. The number of benzene rings is 1. The van der Waals surface area contributed by atoms with Crippen molar-refractivity contribution in [2.75, 3.05) is 6.54 Å². The van der Waals surface area contributed by atoms with Gasteiger partial charge in [0, 0.05) is 23.4 Å². The van der Waals surface area contributed by atoms with E-state index in [9.17, 15) is 0 Å².